The van der Waals surface area contributed by atoms with E-state index in [0.717, 1.165) is 17.6 Å². The molecule has 2 aromatic rings. The van der Waals surface area contributed by atoms with Crippen molar-refractivity contribution in [2.24, 2.45) is 0 Å². The summed E-state index contributed by atoms with van der Waals surface area (Å²) in [6, 6.07) is 7.78. The summed E-state index contributed by atoms with van der Waals surface area (Å²) in [5, 5.41) is 16.6. The number of carbonyl (C=O) groups excluding carboxylic acids is 1. The molecule has 5 nitrogen and oxygen atoms in total. The number of aromatic nitrogens is 1. The van der Waals surface area contributed by atoms with E-state index < -0.39 is 0 Å². The van der Waals surface area contributed by atoms with Gasteiger partial charge in [0.15, 0.2) is 0 Å². The Balaban J connectivity index is 1.79. The number of aromatic amines is 1. The molecular weight excluding hydrogens is 266 g/mol. The van der Waals surface area contributed by atoms with Crippen LogP contribution in [0.1, 0.15) is 24.6 Å². The van der Waals surface area contributed by atoms with Crippen molar-refractivity contribution in [1.29, 1.82) is 0 Å². The van der Waals surface area contributed by atoms with E-state index in [1.54, 1.807) is 0 Å². The Hall–Kier alpha value is -1.85. The zero-order valence-corrected chi connectivity index (χ0v) is 12.1. The highest BCUT2D eigenvalue weighted by atomic mass is 16.3. The number of fused-ring (bicyclic) bond motifs is 3. The predicted octanol–water partition coefficient (Wildman–Crippen LogP) is 1.07. The van der Waals surface area contributed by atoms with Gasteiger partial charge in [-0.05, 0) is 24.5 Å². The second-order valence-corrected chi connectivity index (χ2v) is 5.56. The van der Waals surface area contributed by atoms with Gasteiger partial charge in [0.2, 0.25) is 5.91 Å². The zero-order valence-electron chi connectivity index (χ0n) is 12.1. The molecule has 0 saturated carbocycles. The topological polar surface area (TPSA) is 77.2 Å². The first kappa shape index (κ1) is 14.1. The molecule has 0 spiro atoms. The molecular formula is C16H21N3O2. The summed E-state index contributed by atoms with van der Waals surface area (Å²) >= 11 is 0. The van der Waals surface area contributed by atoms with E-state index in [9.17, 15) is 9.90 Å². The Morgan fingerprint density at radius 2 is 2.29 bits per heavy atom. The Morgan fingerprint density at radius 1 is 1.48 bits per heavy atom. The number of hydrogen-bond donors (Lipinski definition) is 4. The van der Waals surface area contributed by atoms with Gasteiger partial charge in [-0.15, -0.1) is 0 Å². The summed E-state index contributed by atoms with van der Waals surface area (Å²) in [6.45, 7) is 2.60. The largest absolute Gasteiger partial charge is 0.394 e. The third-order valence-electron chi connectivity index (χ3n) is 4.21. The van der Waals surface area contributed by atoms with E-state index in [2.05, 4.69) is 27.8 Å². The lowest BCUT2D eigenvalue weighted by atomic mass is 9.98. The lowest BCUT2D eigenvalue weighted by Gasteiger charge is -2.25. The van der Waals surface area contributed by atoms with Gasteiger partial charge in [0.1, 0.15) is 0 Å². The average molecular weight is 287 g/mol. The lowest BCUT2D eigenvalue weighted by molar-refractivity contribution is -0.124. The molecule has 0 bridgehead atoms. The van der Waals surface area contributed by atoms with Gasteiger partial charge in [0.25, 0.3) is 0 Å². The zero-order chi connectivity index (χ0) is 14.8. The summed E-state index contributed by atoms with van der Waals surface area (Å²) in [6.07, 6.45) is 1.40. The van der Waals surface area contributed by atoms with Crippen molar-refractivity contribution in [2.45, 2.75) is 38.4 Å². The fraction of sp³-hybridized carbons (Fsp3) is 0.438. The summed E-state index contributed by atoms with van der Waals surface area (Å²) in [7, 11) is 0. The minimum absolute atomic E-state index is 0.0205. The number of benzene rings is 1. The molecule has 112 valence electrons. The SMILES string of the molecule is CC[C@@H](CO)NC(=O)[C@H]1Cc2c([nH]c3ccccc23)CN1. The fourth-order valence-corrected chi connectivity index (χ4v) is 2.91. The van der Waals surface area contributed by atoms with Crippen LogP contribution in [0.3, 0.4) is 0 Å². The number of para-hydroxylation sites is 1. The number of hydrogen-bond acceptors (Lipinski definition) is 3. The van der Waals surface area contributed by atoms with Crippen LogP contribution >= 0.6 is 0 Å². The molecule has 2 heterocycles. The van der Waals surface area contributed by atoms with E-state index in [1.807, 2.05) is 19.1 Å². The van der Waals surface area contributed by atoms with Crippen molar-refractivity contribution >= 4 is 16.8 Å². The van der Waals surface area contributed by atoms with Crippen LogP contribution in [0.15, 0.2) is 24.3 Å². The van der Waals surface area contributed by atoms with Gasteiger partial charge in [-0.3, -0.25) is 10.1 Å². The third-order valence-corrected chi connectivity index (χ3v) is 4.21. The first-order chi connectivity index (χ1) is 10.2. The lowest BCUT2D eigenvalue weighted by Crippen LogP contribution is -2.51. The summed E-state index contributed by atoms with van der Waals surface area (Å²) in [4.78, 5) is 15.7. The van der Waals surface area contributed by atoms with Crippen LogP contribution in [0.4, 0.5) is 0 Å². The molecule has 1 aromatic carbocycles. The van der Waals surface area contributed by atoms with E-state index in [0.29, 0.717) is 13.0 Å². The Labute approximate surface area is 123 Å². The van der Waals surface area contributed by atoms with Crippen molar-refractivity contribution in [1.82, 2.24) is 15.6 Å². The maximum atomic E-state index is 12.3. The highest BCUT2D eigenvalue weighted by Crippen LogP contribution is 2.26. The molecule has 0 unspecified atom stereocenters. The second kappa shape index (κ2) is 5.87. The molecule has 1 aliphatic rings. The van der Waals surface area contributed by atoms with E-state index in [1.165, 1.54) is 10.9 Å². The van der Waals surface area contributed by atoms with Gasteiger partial charge in [-0.25, -0.2) is 0 Å². The van der Waals surface area contributed by atoms with Crippen molar-refractivity contribution in [3.05, 3.63) is 35.5 Å². The number of aliphatic hydroxyl groups is 1. The molecule has 0 fully saturated rings. The summed E-state index contributed by atoms with van der Waals surface area (Å²) in [5.41, 5.74) is 3.50. The number of amides is 1. The molecule has 0 aliphatic carbocycles. The van der Waals surface area contributed by atoms with Crippen molar-refractivity contribution in [3.63, 3.8) is 0 Å². The summed E-state index contributed by atoms with van der Waals surface area (Å²) in [5.74, 6) is -0.0353. The molecule has 5 heteroatoms. The number of rotatable bonds is 4. The number of aliphatic hydroxyl groups excluding tert-OH is 1. The molecule has 2 atom stereocenters. The number of H-pyrrole nitrogens is 1. The first-order valence-corrected chi connectivity index (χ1v) is 7.46. The van der Waals surface area contributed by atoms with Crippen LogP contribution in [0.5, 0.6) is 0 Å². The van der Waals surface area contributed by atoms with Crippen LogP contribution in [0.2, 0.25) is 0 Å². The van der Waals surface area contributed by atoms with Gasteiger partial charge in [-0.1, -0.05) is 25.1 Å². The van der Waals surface area contributed by atoms with Gasteiger partial charge in [0.05, 0.1) is 18.7 Å². The molecule has 1 aliphatic heterocycles. The molecule has 0 saturated heterocycles. The average Bonchev–Trinajstić information content (AvgIpc) is 2.90. The van der Waals surface area contributed by atoms with Crippen LogP contribution in [-0.2, 0) is 17.8 Å². The summed E-state index contributed by atoms with van der Waals surface area (Å²) < 4.78 is 0. The quantitative estimate of drug-likeness (QED) is 0.679. The minimum atomic E-state index is -0.239. The van der Waals surface area contributed by atoms with Gasteiger partial charge >= 0.3 is 0 Å². The molecule has 21 heavy (non-hydrogen) atoms. The Morgan fingerprint density at radius 3 is 3.05 bits per heavy atom. The maximum absolute atomic E-state index is 12.3. The monoisotopic (exact) mass is 287 g/mol. The van der Waals surface area contributed by atoms with Crippen LogP contribution < -0.4 is 10.6 Å². The van der Waals surface area contributed by atoms with E-state index >= 15 is 0 Å². The third kappa shape index (κ3) is 2.66. The number of nitrogens with one attached hydrogen (secondary N) is 3. The first-order valence-electron chi connectivity index (χ1n) is 7.46. The van der Waals surface area contributed by atoms with Crippen LogP contribution in [0.25, 0.3) is 10.9 Å². The van der Waals surface area contributed by atoms with Crippen LogP contribution in [0, 0.1) is 0 Å². The predicted molar refractivity (Wildman–Crippen MR) is 81.9 cm³/mol. The molecule has 1 amide bonds. The maximum Gasteiger partial charge on any atom is 0.237 e. The van der Waals surface area contributed by atoms with E-state index in [-0.39, 0.29) is 24.6 Å². The second-order valence-electron chi connectivity index (χ2n) is 5.56. The normalized spacial score (nSPS) is 19.2. The van der Waals surface area contributed by atoms with Crippen molar-refractivity contribution in [2.75, 3.05) is 6.61 Å². The highest BCUT2D eigenvalue weighted by Gasteiger charge is 2.27. The smallest absolute Gasteiger partial charge is 0.237 e. The van der Waals surface area contributed by atoms with Crippen molar-refractivity contribution < 1.29 is 9.90 Å². The minimum Gasteiger partial charge on any atom is -0.394 e. The Bertz CT molecular complexity index is 646. The molecule has 3 rings (SSSR count). The van der Waals surface area contributed by atoms with E-state index in [4.69, 9.17) is 0 Å². The molecule has 1 aromatic heterocycles. The van der Waals surface area contributed by atoms with Crippen molar-refractivity contribution in [3.8, 4) is 0 Å². The Kier molecular flexibility index (Phi) is 3.94. The van der Waals surface area contributed by atoms with Crippen LogP contribution in [-0.4, -0.2) is 34.7 Å². The highest BCUT2D eigenvalue weighted by molar-refractivity contribution is 5.88. The van der Waals surface area contributed by atoms with Gasteiger partial charge in [0, 0.05) is 23.1 Å². The van der Waals surface area contributed by atoms with Gasteiger partial charge < -0.3 is 15.4 Å². The standard InChI is InChI=1S/C16H21N3O2/c1-2-10(9-20)18-16(21)14-7-12-11-5-3-4-6-13(11)19-15(12)8-17-14/h3-6,10,14,17,19-20H,2,7-9H2,1H3,(H,18,21)/t10-,14+/m0/s1. The number of carbonyl (C=O) groups is 1. The fourth-order valence-electron chi connectivity index (χ4n) is 2.91. The van der Waals surface area contributed by atoms with Gasteiger partial charge in [-0.2, -0.15) is 0 Å². The molecule has 4 N–H and O–H groups in total. The molecule has 0 radical (unpaired) electrons.